The molecular weight excluding hydrogens is 352 g/mol. The SMILES string of the molecule is C#CCn1c(Cc2ccccc2)nc2scc(-c3ccc(C)cc3)c2c1=O. The second-order valence-electron chi connectivity index (χ2n) is 6.48. The molecule has 0 saturated carbocycles. The van der Waals surface area contributed by atoms with Crippen molar-refractivity contribution in [2.24, 2.45) is 0 Å². The van der Waals surface area contributed by atoms with E-state index >= 15 is 0 Å². The van der Waals surface area contributed by atoms with Gasteiger partial charge in [-0.3, -0.25) is 9.36 Å². The molecule has 0 fully saturated rings. The van der Waals surface area contributed by atoms with Crippen LogP contribution in [0.5, 0.6) is 0 Å². The summed E-state index contributed by atoms with van der Waals surface area (Å²) in [6.45, 7) is 2.26. The number of hydrogen-bond acceptors (Lipinski definition) is 3. The van der Waals surface area contributed by atoms with Gasteiger partial charge in [0.2, 0.25) is 0 Å². The minimum atomic E-state index is -0.0688. The molecule has 4 rings (SSSR count). The summed E-state index contributed by atoms with van der Waals surface area (Å²) >= 11 is 1.50. The number of nitrogens with zero attached hydrogens (tertiary/aromatic N) is 2. The summed E-state index contributed by atoms with van der Waals surface area (Å²) in [5.74, 6) is 3.30. The molecule has 2 aromatic heterocycles. The van der Waals surface area contributed by atoms with Crippen LogP contribution in [0, 0.1) is 19.3 Å². The first-order valence-corrected chi connectivity index (χ1v) is 9.60. The highest BCUT2D eigenvalue weighted by molar-refractivity contribution is 7.17. The predicted molar refractivity (Wildman–Crippen MR) is 112 cm³/mol. The molecule has 27 heavy (non-hydrogen) atoms. The number of aryl methyl sites for hydroxylation is 1. The monoisotopic (exact) mass is 370 g/mol. The molecule has 2 aromatic carbocycles. The lowest BCUT2D eigenvalue weighted by Crippen LogP contribution is -2.25. The van der Waals surface area contributed by atoms with E-state index < -0.39 is 0 Å². The lowest BCUT2D eigenvalue weighted by atomic mass is 10.0. The summed E-state index contributed by atoms with van der Waals surface area (Å²) in [4.78, 5) is 18.8. The van der Waals surface area contributed by atoms with Crippen LogP contribution < -0.4 is 5.56 Å². The Kier molecular flexibility index (Phi) is 4.62. The van der Waals surface area contributed by atoms with Gasteiger partial charge in [0.15, 0.2) is 0 Å². The third-order valence-corrected chi connectivity index (χ3v) is 5.46. The van der Waals surface area contributed by atoms with Gasteiger partial charge in [-0.2, -0.15) is 0 Å². The van der Waals surface area contributed by atoms with Gasteiger partial charge in [0.25, 0.3) is 5.56 Å². The van der Waals surface area contributed by atoms with Crippen LogP contribution in [0.15, 0.2) is 64.8 Å². The van der Waals surface area contributed by atoms with Crippen molar-refractivity contribution < 1.29 is 0 Å². The van der Waals surface area contributed by atoms with Gasteiger partial charge in [0.05, 0.1) is 11.9 Å². The van der Waals surface area contributed by atoms with Gasteiger partial charge < -0.3 is 0 Å². The van der Waals surface area contributed by atoms with E-state index in [1.54, 1.807) is 4.57 Å². The topological polar surface area (TPSA) is 34.9 Å². The van der Waals surface area contributed by atoms with Crippen LogP contribution in [0.4, 0.5) is 0 Å². The van der Waals surface area contributed by atoms with Crippen molar-refractivity contribution in [2.75, 3.05) is 0 Å². The molecule has 0 amide bonds. The van der Waals surface area contributed by atoms with Crippen LogP contribution in [-0.2, 0) is 13.0 Å². The quantitative estimate of drug-likeness (QED) is 0.490. The number of benzene rings is 2. The molecule has 4 heteroatoms. The molecule has 0 bridgehead atoms. The van der Waals surface area contributed by atoms with Crippen molar-refractivity contribution in [3.8, 4) is 23.5 Å². The highest BCUT2D eigenvalue weighted by Crippen LogP contribution is 2.31. The van der Waals surface area contributed by atoms with Crippen LogP contribution >= 0.6 is 11.3 Å². The molecule has 0 radical (unpaired) electrons. The highest BCUT2D eigenvalue weighted by atomic mass is 32.1. The van der Waals surface area contributed by atoms with Gasteiger partial charge in [-0.15, -0.1) is 17.8 Å². The largest absolute Gasteiger partial charge is 0.284 e. The van der Waals surface area contributed by atoms with Crippen molar-refractivity contribution in [2.45, 2.75) is 19.9 Å². The predicted octanol–water partition coefficient (Wildman–Crippen LogP) is 4.66. The molecule has 3 nitrogen and oxygen atoms in total. The van der Waals surface area contributed by atoms with Crippen molar-refractivity contribution in [1.82, 2.24) is 9.55 Å². The van der Waals surface area contributed by atoms with Gasteiger partial charge in [-0.25, -0.2) is 4.98 Å². The maximum atomic E-state index is 13.3. The lowest BCUT2D eigenvalue weighted by Gasteiger charge is -2.11. The average Bonchev–Trinajstić information content (AvgIpc) is 3.10. The second kappa shape index (κ2) is 7.22. The van der Waals surface area contributed by atoms with E-state index in [1.165, 1.54) is 16.9 Å². The van der Waals surface area contributed by atoms with E-state index in [4.69, 9.17) is 11.4 Å². The number of aromatic nitrogens is 2. The third kappa shape index (κ3) is 3.30. The van der Waals surface area contributed by atoms with Gasteiger partial charge in [0, 0.05) is 17.4 Å². The zero-order chi connectivity index (χ0) is 18.8. The van der Waals surface area contributed by atoms with E-state index in [-0.39, 0.29) is 12.1 Å². The van der Waals surface area contributed by atoms with Gasteiger partial charge in [0.1, 0.15) is 10.7 Å². The zero-order valence-corrected chi connectivity index (χ0v) is 15.8. The van der Waals surface area contributed by atoms with Crippen molar-refractivity contribution in [1.29, 1.82) is 0 Å². The molecule has 0 aliphatic carbocycles. The summed E-state index contributed by atoms with van der Waals surface area (Å²) in [5.41, 5.74) is 4.16. The number of rotatable bonds is 4. The van der Waals surface area contributed by atoms with Crippen LogP contribution in [0.1, 0.15) is 17.0 Å². The molecule has 0 unspecified atom stereocenters. The van der Waals surface area contributed by atoms with E-state index in [1.807, 2.05) is 54.8 Å². The molecule has 2 heterocycles. The Hall–Kier alpha value is -3.16. The first-order valence-electron chi connectivity index (χ1n) is 8.72. The number of hydrogen-bond donors (Lipinski definition) is 0. The van der Waals surface area contributed by atoms with E-state index in [9.17, 15) is 4.79 Å². The van der Waals surface area contributed by atoms with Gasteiger partial charge >= 0.3 is 0 Å². The fraction of sp³-hybridized carbons (Fsp3) is 0.130. The first kappa shape index (κ1) is 17.3. The smallest absolute Gasteiger partial charge is 0.263 e. The van der Waals surface area contributed by atoms with Crippen LogP contribution in [0.3, 0.4) is 0 Å². The molecule has 0 atom stereocenters. The Morgan fingerprint density at radius 3 is 2.56 bits per heavy atom. The molecular formula is C23H18N2OS. The minimum Gasteiger partial charge on any atom is -0.284 e. The molecule has 0 spiro atoms. The summed E-state index contributed by atoms with van der Waals surface area (Å²) < 4.78 is 1.62. The summed E-state index contributed by atoms with van der Waals surface area (Å²) in [5, 5.41) is 2.66. The van der Waals surface area contributed by atoms with Crippen molar-refractivity contribution >= 4 is 21.6 Å². The Balaban J connectivity index is 1.90. The summed E-state index contributed by atoms with van der Waals surface area (Å²) in [6, 6.07) is 18.2. The Morgan fingerprint density at radius 1 is 1.11 bits per heavy atom. The van der Waals surface area contributed by atoms with E-state index in [0.29, 0.717) is 17.6 Å². The van der Waals surface area contributed by atoms with E-state index in [0.717, 1.165) is 21.5 Å². The van der Waals surface area contributed by atoms with Crippen molar-refractivity contribution in [3.05, 3.63) is 87.3 Å². The summed E-state index contributed by atoms with van der Waals surface area (Å²) in [7, 11) is 0. The normalized spacial score (nSPS) is 10.8. The molecule has 0 aliphatic heterocycles. The zero-order valence-electron chi connectivity index (χ0n) is 15.0. The first-order chi connectivity index (χ1) is 13.2. The second-order valence-corrected chi connectivity index (χ2v) is 7.34. The molecule has 132 valence electrons. The molecule has 0 saturated heterocycles. The average molecular weight is 370 g/mol. The van der Waals surface area contributed by atoms with Gasteiger partial charge in [-0.1, -0.05) is 66.1 Å². The highest BCUT2D eigenvalue weighted by Gasteiger charge is 2.17. The van der Waals surface area contributed by atoms with Crippen LogP contribution in [0.25, 0.3) is 21.3 Å². The minimum absolute atomic E-state index is 0.0688. The van der Waals surface area contributed by atoms with Crippen LogP contribution in [-0.4, -0.2) is 9.55 Å². The lowest BCUT2D eigenvalue weighted by molar-refractivity contribution is 0.721. The Labute approximate surface area is 162 Å². The molecule has 0 aliphatic rings. The Morgan fingerprint density at radius 2 is 1.85 bits per heavy atom. The van der Waals surface area contributed by atoms with Gasteiger partial charge in [-0.05, 0) is 18.1 Å². The fourth-order valence-electron chi connectivity index (χ4n) is 3.18. The van der Waals surface area contributed by atoms with Crippen molar-refractivity contribution in [3.63, 3.8) is 0 Å². The molecule has 0 N–H and O–H groups in total. The number of thiophene rings is 1. The van der Waals surface area contributed by atoms with Crippen LogP contribution in [0.2, 0.25) is 0 Å². The maximum absolute atomic E-state index is 13.3. The number of terminal acetylenes is 1. The van der Waals surface area contributed by atoms with E-state index in [2.05, 4.69) is 18.1 Å². The Bertz CT molecular complexity index is 1200. The number of fused-ring (bicyclic) bond motifs is 1. The fourth-order valence-corrected chi connectivity index (χ4v) is 4.14. The third-order valence-electron chi connectivity index (χ3n) is 4.59. The standard InChI is InChI=1S/C23H18N2OS/c1-3-13-25-20(14-17-7-5-4-6-8-17)24-22-21(23(25)26)19(15-27-22)18-11-9-16(2)10-12-18/h1,4-12,15H,13-14H2,2H3. The summed E-state index contributed by atoms with van der Waals surface area (Å²) in [6.07, 6.45) is 6.12. The molecule has 4 aromatic rings. The maximum Gasteiger partial charge on any atom is 0.263 e.